The second kappa shape index (κ2) is 4.71. The number of nitrogens with zero attached hydrogens (tertiary/aromatic N) is 3. The zero-order valence-corrected chi connectivity index (χ0v) is 12.2. The summed E-state index contributed by atoms with van der Waals surface area (Å²) >= 11 is 0. The molecule has 0 aromatic carbocycles. The third-order valence-corrected chi connectivity index (χ3v) is 3.59. The van der Waals surface area contributed by atoms with Crippen LogP contribution in [0.25, 0.3) is 0 Å². The van der Waals surface area contributed by atoms with Gasteiger partial charge in [-0.3, -0.25) is 4.68 Å². The molecule has 1 aromatic heterocycles. The van der Waals surface area contributed by atoms with Crippen LogP contribution in [-0.4, -0.2) is 21.5 Å². The molecule has 1 saturated heterocycles. The summed E-state index contributed by atoms with van der Waals surface area (Å²) in [5, 5.41) is 12.1. The highest BCUT2D eigenvalue weighted by atomic mass is 19.4. The van der Waals surface area contributed by atoms with Crippen molar-refractivity contribution in [3.63, 3.8) is 0 Å². The van der Waals surface area contributed by atoms with Gasteiger partial charge in [-0.1, -0.05) is 0 Å². The van der Waals surface area contributed by atoms with E-state index >= 15 is 0 Å². The number of hydrogen-bond donors (Lipinski definition) is 0. The molecule has 2 unspecified atom stereocenters. The molecule has 21 heavy (non-hydrogen) atoms. The van der Waals surface area contributed by atoms with Gasteiger partial charge >= 0.3 is 6.18 Å². The van der Waals surface area contributed by atoms with Crippen LogP contribution in [0.4, 0.5) is 13.2 Å². The summed E-state index contributed by atoms with van der Waals surface area (Å²) in [5.74, 6) is -1.55. The van der Waals surface area contributed by atoms with Gasteiger partial charge in [0.2, 0.25) is 0 Å². The smallest absolute Gasteiger partial charge is 0.340 e. The Balaban J connectivity index is 2.51. The van der Waals surface area contributed by atoms with Crippen LogP contribution in [0.5, 0.6) is 0 Å². The lowest BCUT2D eigenvalue weighted by Crippen LogP contribution is -2.31. The Kier molecular flexibility index (Phi) is 3.54. The van der Waals surface area contributed by atoms with Gasteiger partial charge in [0.1, 0.15) is 6.54 Å². The molecular formula is C13H16F3N3O2. The second-order valence-electron chi connectivity index (χ2n) is 5.66. The maximum absolute atomic E-state index is 13.1. The molecule has 1 aliphatic rings. The first-order valence-electron chi connectivity index (χ1n) is 6.39. The molecule has 0 spiro atoms. The van der Waals surface area contributed by atoms with Gasteiger partial charge in [0, 0.05) is 6.20 Å². The molecule has 1 aromatic rings. The van der Waals surface area contributed by atoms with Crippen molar-refractivity contribution in [1.29, 1.82) is 5.26 Å². The molecule has 0 amide bonds. The molecule has 0 bridgehead atoms. The van der Waals surface area contributed by atoms with Crippen molar-refractivity contribution in [2.75, 3.05) is 0 Å². The van der Waals surface area contributed by atoms with Crippen LogP contribution in [-0.2, 0) is 28.0 Å². The highest BCUT2D eigenvalue weighted by molar-refractivity contribution is 5.26. The molecule has 1 aliphatic heterocycles. The monoisotopic (exact) mass is 303 g/mol. The van der Waals surface area contributed by atoms with E-state index in [0.717, 1.165) is 10.9 Å². The van der Waals surface area contributed by atoms with Gasteiger partial charge in [0.25, 0.3) is 0 Å². The fourth-order valence-corrected chi connectivity index (χ4v) is 2.32. The summed E-state index contributed by atoms with van der Waals surface area (Å²) in [4.78, 5) is 0. The molecule has 2 heterocycles. The first-order chi connectivity index (χ1) is 9.49. The van der Waals surface area contributed by atoms with Gasteiger partial charge in [-0.05, 0) is 27.7 Å². The summed E-state index contributed by atoms with van der Waals surface area (Å²) < 4.78 is 51.7. The Hall–Kier alpha value is -1.59. The van der Waals surface area contributed by atoms with Crippen LogP contribution in [0.1, 0.15) is 39.0 Å². The summed E-state index contributed by atoms with van der Waals surface area (Å²) in [7, 11) is 0. The fourth-order valence-electron chi connectivity index (χ4n) is 2.32. The zero-order chi connectivity index (χ0) is 16.1. The largest absolute Gasteiger partial charge is 0.435 e. The van der Waals surface area contributed by atoms with Gasteiger partial charge < -0.3 is 9.47 Å². The minimum absolute atomic E-state index is 0.220. The maximum Gasteiger partial charge on any atom is 0.435 e. The van der Waals surface area contributed by atoms with E-state index < -0.39 is 23.3 Å². The Morgan fingerprint density at radius 2 is 2.05 bits per heavy atom. The Morgan fingerprint density at radius 1 is 1.43 bits per heavy atom. The fraction of sp³-hybridized carbons (Fsp3) is 0.692. The van der Waals surface area contributed by atoms with E-state index in [-0.39, 0.29) is 18.2 Å². The van der Waals surface area contributed by atoms with Crippen molar-refractivity contribution in [3.8, 4) is 6.07 Å². The minimum Gasteiger partial charge on any atom is -0.340 e. The predicted molar refractivity (Wildman–Crippen MR) is 65.9 cm³/mol. The average molecular weight is 303 g/mol. The second-order valence-corrected chi connectivity index (χ2v) is 5.66. The number of alkyl halides is 3. The third kappa shape index (κ3) is 2.76. The van der Waals surface area contributed by atoms with Crippen molar-refractivity contribution >= 4 is 0 Å². The number of ether oxygens (including phenoxy) is 2. The van der Waals surface area contributed by atoms with Gasteiger partial charge in [-0.15, -0.1) is 0 Å². The van der Waals surface area contributed by atoms with Crippen LogP contribution >= 0.6 is 0 Å². The lowest BCUT2D eigenvalue weighted by Gasteiger charge is -2.25. The summed E-state index contributed by atoms with van der Waals surface area (Å²) in [6.45, 7) is 6.38. The molecule has 0 N–H and O–H groups in total. The summed E-state index contributed by atoms with van der Waals surface area (Å²) in [5.41, 5.74) is -2.04. The van der Waals surface area contributed by atoms with Crippen LogP contribution in [0.2, 0.25) is 0 Å². The topological polar surface area (TPSA) is 60.1 Å². The standard InChI is InChI=1S/C13H16F3N3O2/c1-8-11(2,3)21-12(4,20-8)9-7-19(6-5-17)18-10(9)13(14,15)16/h7-8H,6H2,1-4H3. The van der Waals surface area contributed by atoms with E-state index in [0.29, 0.717) is 0 Å². The van der Waals surface area contributed by atoms with Crippen molar-refractivity contribution in [2.24, 2.45) is 0 Å². The molecule has 2 atom stereocenters. The van der Waals surface area contributed by atoms with Gasteiger partial charge in [-0.2, -0.15) is 23.5 Å². The third-order valence-electron chi connectivity index (χ3n) is 3.59. The summed E-state index contributed by atoms with van der Waals surface area (Å²) in [6.07, 6.45) is -3.88. The zero-order valence-electron chi connectivity index (χ0n) is 12.2. The van der Waals surface area contributed by atoms with E-state index in [1.54, 1.807) is 26.8 Å². The molecule has 1 fully saturated rings. The van der Waals surface area contributed by atoms with E-state index in [9.17, 15) is 13.2 Å². The number of halogens is 3. The van der Waals surface area contributed by atoms with Crippen LogP contribution in [0.3, 0.4) is 0 Å². The minimum atomic E-state index is -4.65. The molecule has 0 aliphatic carbocycles. The van der Waals surface area contributed by atoms with Crippen molar-refractivity contribution in [1.82, 2.24) is 9.78 Å². The molecule has 8 heteroatoms. The first-order valence-corrected chi connectivity index (χ1v) is 6.39. The van der Waals surface area contributed by atoms with E-state index in [4.69, 9.17) is 14.7 Å². The van der Waals surface area contributed by atoms with E-state index in [1.807, 2.05) is 0 Å². The molecule has 0 radical (unpaired) electrons. The Bertz CT molecular complexity index is 588. The van der Waals surface area contributed by atoms with Crippen molar-refractivity contribution < 1.29 is 22.6 Å². The normalized spacial score (nSPS) is 28.6. The molecule has 2 rings (SSSR count). The highest BCUT2D eigenvalue weighted by Gasteiger charge is 2.53. The number of hydrogen-bond acceptors (Lipinski definition) is 4. The van der Waals surface area contributed by atoms with Crippen LogP contribution < -0.4 is 0 Å². The SMILES string of the molecule is CC1OC(C)(c2cn(CC#N)nc2C(F)(F)F)OC1(C)C. The van der Waals surface area contributed by atoms with Gasteiger partial charge in [0.15, 0.2) is 11.5 Å². The number of nitriles is 1. The lowest BCUT2D eigenvalue weighted by atomic mass is 10.0. The van der Waals surface area contributed by atoms with Crippen molar-refractivity contribution in [3.05, 3.63) is 17.5 Å². The Morgan fingerprint density at radius 3 is 2.48 bits per heavy atom. The van der Waals surface area contributed by atoms with Crippen molar-refractivity contribution in [2.45, 2.75) is 57.9 Å². The first kappa shape index (κ1) is 15.8. The number of aromatic nitrogens is 2. The van der Waals surface area contributed by atoms with E-state index in [1.165, 1.54) is 6.92 Å². The van der Waals surface area contributed by atoms with Gasteiger partial charge in [0.05, 0.1) is 23.3 Å². The van der Waals surface area contributed by atoms with Gasteiger partial charge in [-0.25, -0.2) is 0 Å². The molecule has 0 saturated carbocycles. The van der Waals surface area contributed by atoms with Crippen LogP contribution in [0.15, 0.2) is 6.20 Å². The predicted octanol–water partition coefficient (Wildman–Crippen LogP) is 2.81. The Labute approximate surface area is 120 Å². The molecular weight excluding hydrogens is 287 g/mol. The summed E-state index contributed by atoms with van der Waals surface area (Å²) in [6, 6.07) is 1.76. The molecule has 5 nitrogen and oxygen atoms in total. The van der Waals surface area contributed by atoms with E-state index in [2.05, 4.69) is 5.10 Å². The maximum atomic E-state index is 13.1. The lowest BCUT2D eigenvalue weighted by molar-refractivity contribution is -0.189. The average Bonchev–Trinajstić information content (AvgIpc) is 2.80. The molecule has 116 valence electrons. The quantitative estimate of drug-likeness (QED) is 0.843. The van der Waals surface area contributed by atoms with Crippen LogP contribution in [0, 0.1) is 11.3 Å². The highest BCUT2D eigenvalue weighted by Crippen LogP contribution is 2.46. The number of rotatable bonds is 2.